The van der Waals surface area contributed by atoms with Gasteiger partial charge in [0.05, 0.1) is 30.6 Å². The van der Waals surface area contributed by atoms with Crippen LogP contribution in [-0.2, 0) is 11.3 Å². The van der Waals surface area contributed by atoms with Gasteiger partial charge in [-0.2, -0.15) is 5.10 Å². The number of hydrogen-bond donors (Lipinski definition) is 0. The minimum absolute atomic E-state index is 0.213. The molecule has 1 aliphatic rings. The van der Waals surface area contributed by atoms with Crippen LogP contribution in [-0.4, -0.2) is 16.4 Å². The molecule has 0 N–H and O–H groups in total. The van der Waals surface area contributed by atoms with Crippen molar-refractivity contribution in [1.82, 2.24) is 9.78 Å². The van der Waals surface area contributed by atoms with Crippen molar-refractivity contribution in [3.8, 4) is 0 Å². The number of fused-ring (bicyclic) bond motifs is 1. The molecule has 0 saturated heterocycles. The van der Waals surface area contributed by atoms with Crippen molar-refractivity contribution >= 4 is 0 Å². The maximum Gasteiger partial charge on any atom is 0.0964 e. The van der Waals surface area contributed by atoms with Gasteiger partial charge in [-0.05, 0) is 19.9 Å². The Morgan fingerprint density at radius 2 is 2.55 bits per heavy atom. The van der Waals surface area contributed by atoms with Crippen LogP contribution in [0.5, 0.6) is 0 Å². The molecular formula is C8H12N2O. The zero-order valence-electron chi connectivity index (χ0n) is 6.87. The fourth-order valence-corrected chi connectivity index (χ4v) is 1.47. The predicted octanol–water partition coefficient (Wildman–Crippen LogP) is 1.28. The summed E-state index contributed by atoms with van der Waals surface area (Å²) in [5.41, 5.74) is 2.28. The van der Waals surface area contributed by atoms with Gasteiger partial charge in [0.15, 0.2) is 0 Å². The van der Waals surface area contributed by atoms with Crippen LogP contribution in [0.1, 0.15) is 24.4 Å². The molecule has 3 heteroatoms. The second-order valence-electron chi connectivity index (χ2n) is 2.95. The lowest BCUT2D eigenvalue weighted by molar-refractivity contribution is 0.0288. The first-order valence-corrected chi connectivity index (χ1v) is 3.93. The molecule has 2 rings (SSSR count). The Bertz CT molecular complexity index is 267. The molecule has 0 radical (unpaired) electrons. The third-order valence-electron chi connectivity index (χ3n) is 2.02. The number of aromatic nitrogens is 2. The van der Waals surface area contributed by atoms with Gasteiger partial charge < -0.3 is 4.74 Å². The molecule has 11 heavy (non-hydrogen) atoms. The van der Waals surface area contributed by atoms with Gasteiger partial charge >= 0.3 is 0 Å². The molecule has 0 amide bonds. The minimum atomic E-state index is 0.213. The monoisotopic (exact) mass is 152 g/mol. The number of ether oxygens (including phenoxy) is 1. The van der Waals surface area contributed by atoms with E-state index in [0.717, 1.165) is 18.8 Å². The van der Waals surface area contributed by atoms with E-state index in [1.54, 1.807) is 0 Å². The molecule has 2 heterocycles. The molecule has 1 aliphatic heterocycles. The number of nitrogens with zero attached hydrogens (tertiary/aromatic N) is 2. The van der Waals surface area contributed by atoms with Crippen LogP contribution >= 0.6 is 0 Å². The Hall–Kier alpha value is -0.830. The molecule has 0 fully saturated rings. The lowest BCUT2D eigenvalue weighted by Gasteiger charge is -2.20. The third-order valence-corrected chi connectivity index (χ3v) is 2.02. The van der Waals surface area contributed by atoms with Crippen molar-refractivity contribution in [2.45, 2.75) is 26.5 Å². The highest BCUT2D eigenvalue weighted by Gasteiger charge is 2.17. The van der Waals surface area contributed by atoms with Crippen LogP contribution in [0.3, 0.4) is 0 Å². The maximum absolute atomic E-state index is 5.46. The van der Waals surface area contributed by atoms with Crippen molar-refractivity contribution < 1.29 is 4.74 Å². The lowest BCUT2D eigenvalue weighted by atomic mass is 10.2. The molecule has 0 saturated carbocycles. The van der Waals surface area contributed by atoms with Crippen LogP contribution < -0.4 is 0 Å². The minimum Gasteiger partial charge on any atom is -0.370 e. The van der Waals surface area contributed by atoms with E-state index < -0.39 is 0 Å². The summed E-state index contributed by atoms with van der Waals surface area (Å²) in [4.78, 5) is 0. The van der Waals surface area contributed by atoms with Crippen LogP contribution in [0.15, 0.2) is 6.07 Å². The molecule has 60 valence electrons. The van der Waals surface area contributed by atoms with E-state index >= 15 is 0 Å². The summed E-state index contributed by atoms with van der Waals surface area (Å²) >= 11 is 0. The molecule has 0 aromatic carbocycles. The molecule has 1 atom stereocenters. The van der Waals surface area contributed by atoms with E-state index in [4.69, 9.17) is 4.74 Å². The van der Waals surface area contributed by atoms with E-state index in [1.807, 2.05) is 11.6 Å². The number of rotatable bonds is 0. The summed E-state index contributed by atoms with van der Waals surface area (Å²) < 4.78 is 7.49. The largest absolute Gasteiger partial charge is 0.370 e. The Morgan fingerprint density at radius 3 is 3.27 bits per heavy atom. The Morgan fingerprint density at radius 1 is 1.73 bits per heavy atom. The first-order valence-electron chi connectivity index (χ1n) is 3.93. The third kappa shape index (κ3) is 1.05. The first kappa shape index (κ1) is 6.85. The second kappa shape index (κ2) is 2.34. The van der Waals surface area contributed by atoms with Gasteiger partial charge in [0, 0.05) is 0 Å². The standard InChI is InChI=1S/C8H12N2O/c1-6-5-8-7(2)11-4-3-10(8)9-6/h5,7H,3-4H2,1-2H3. The van der Waals surface area contributed by atoms with Crippen LogP contribution in [0, 0.1) is 6.92 Å². The Kier molecular flexibility index (Phi) is 1.46. The predicted molar refractivity (Wildman–Crippen MR) is 41.3 cm³/mol. The SMILES string of the molecule is Cc1cc2n(n1)CCOC2C. The molecule has 1 aromatic rings. The molecule has 0 bridgehead atoms. The summed E-state index contributed by atoms with van der Waals surface area (Å²) in [6.45, 7) is 5.76. The van der Waals surface area contributed by atoms with E-state index in [0.29, 0.717) is 0 Å². The Balaban J connectivity index is 2.43. The van der Waals surface area contributed by atoms with E-state index in [2.05, 4.69) is 18.1 Å². The van der Waals surface area contributed by atoms with Crippen LogP contribution in [0.2, 0.25) is 0 Å². The number of hydrogen-bond acceptors (Lipinski definition) is 2. The Labute approximate surface area is 66.0 Å². The van der Waals surface area contributed by atoms with Crippen molar-refractivity contribution in [1.29, 1.82) is 0 Å². The van der Waals surface area contributed by atoms with Gasteiger partial charge in [0.1, 0.15) is 0 Å². The summed E-state index contributed by atoms with van der Waals surface area (Å²) in [6, 6.07) is 2.09. The topological polar surface area (TPSA) is 27.1 Å². The van der Waals surface area contributed by atoms with E-state index in [9.17, 15) is 0 Å². The van der Waals surface area contributed by atoms with Crippen molar-refractivity contribution in [3.05, 3.63) is 17.5 Å². The van der Waals surface area contributed by atoms with Crippen molar-refractivity contribution in [2.24, 2.45) is 0 Å². The summed E-state index contributed by atoms with van der Waals surface area (Å²) in [7, 11) is 0. The average molecular weight is 152 g/mol. The quantitative estimate of drug-likeness (QED) is 0.560. The molecule has 1 unspecified atom stereocenters. The highest BCUT2D eigenvalue weighted by Crippen LogP contribution is 2.21. The molecule has 3 nitrogen and oxygen atoms in total. The van der Waals surface area contributed by atoms with Crippen molar-refractivity contribution in [2.75, 3.05) is 6.61 Å². The molecule has 0 aliphatic carbocycles. The molecular weight excluding hydrogens is 140 g/mol. The zero-order chi connectivity index (χ0) is 7.84. The molecule has 0 spiro atoms. The van der Waals surface area contributed by atoms with E-state index in [1.165, 1.54) is 5.69 Å². The fourth-order valence-electron chi connectivity index (χ4n) is 1.47. The van der Waals surface area contributed by atoms with Crippen molar-refractivity contribution in [3.63, 3.8) is 0 Å². The zero-order valence-corrected chi connectivity index (χ0v) is 6.87. The maximum atomic E-state index is 5.46. The van der Waals surface area contributed by atoms with Gasteiger partial charge in [-0.1, -0.05) is 0 Å². The summed E-state index contributed by atoms with van der Waals surface area (Å²) in [5.74, 6) is 0. The van der Waals surface area contributed by atoms with Gasteiger partial charge in [0.2, 0.25) is 0 Å². The highest BCUT2D eigenvalue weighted by molar-refractivity contribution is 5.12. The highest BCUT2D eigenvalue weighted by atomic mass is 16.5. The summed E-state index contributed by atoms with van der Waals surface area (Å²) in [5, 5.41) is 4.34. The summed E-state index contributed by atoms with van der Waals surface area (Å²) in [6.07, 6.45) is 0.213. The molecule has 1 aromatic heterocycles. The average Bonchev–Trinajstić information content (AvgIpc) is 2.31. The van der Waals surface area contributed by atoms with Crippen LogP contribution in [0.25, 0.3) is 0 Å². The van der Waals surface area contributed by atoms with Crippen LogP contribution in [0.4, 0.5) is 0 Å². The van der Waals surface area contributed by atoms with Gasteiger partial charge in [-0.3, -0.25) is 4.68 Å². The first-order chi connectivity index (χ1) is 5.27. The number of aryl methyl sites for hydroxylation is 1. The van der Waals surface area contributed by atoms with E-state index in [-0.39, 0.29) is 6.10 Å². The fraction of sp³-hybridized carbons (Fsp3) is 0.625. The lowest BCUT2D eigenvalue weighted by Crippen LogP contribution is -2.20. The normalized spacial score (nSPS) is 23.3. The van der Waals surface area contributed by atoms with Gasteiger partial charge in [0.25, 0.3) is 0 Å². The second-order valence-corrected chi connectivity index (χ2v) is 2.95. The smallest absolute Gasteiger partial charge is 0.0964 e. The van der Waals surface area contributed by atoms with Gasteiger partial charge in [-0.25, -0.2) is 0 Å². The van der Waals surface area contributed by atoms with Gasteiger partial charge in [-0.15, -0.1) is 0 Å².